The highest BCUT2D eigenvalue weighted by atomic mass is 16.5. The third kappa shape index (κ3) is 2.66. The molecular weight excluding hydrogens is 234 g/mol. The van der Waals surface area contributed by atoms with E-state index in [0.29, 0.717) is 32.4 Å². The quantitative estimate of drug-likeness (QED) is 0.803. The molecule has 0 radical (unpaired) electrons. The fourth-order valence-corrected chi connectivity index (χ4v) is 2.87. The molecule has 4 atom stereocenters. The predicted octanol–water partition coefficient (Wildman–Crippen LogP) is 1.12. The van der Waals surface area contributed by atoms with Crippen molar-refractivity contribution in [3.8, 4) is 0 Å². The third-order valence-corrected chi connectivity index (χ3v) is 4.02. The van der Waals surface area contributed by atoms with Crippen molar-refractivity contribution >= 4 is 11.9 Å². The van der Waals surface area contributed by atoms with Crippen molar-refractivity contribution in [2.24, 2.45) is 11.8 Å². The van der Waals surface area contributed by atoms with Crippen LogP contribution >= 0.6 is 0 Å². The van der Waals surface area contributed by atoms with Gasteiger partial charge in [0.15, 0.2) is 0 Å². The molecule has 2 unspecified atom stereocenters. The summed E-state index contributed by atoms with van der Waals surface area (Å²) in [6, 6.07) is 0.0950. The van der Waals surface area contributed by atoms with Gasteiger partial charge in [0, 0.05) is 12.5 Å². The van der Waals surface area contributed by atoms with Crippen molar-refractivity contribution < 1.29 is 19.4 Å². The summed E-state index contributed by atoms with van der Waals surface area (Å²) in [4.78, 5) is 25.2. The highest BCUT2D eigenvalue weighted by Gasteiger charge is 2.38. The van der Waals surface area contributed by atoms with Gasteiger partial charge in [-0.05, 0) is 33.1 Å². The van der Waals surface area contributed by atoms with Crippen LogP contribution in [0.3, 0.4) is 0 Å². The van der Waals surface area contributed by atoms with Crippen LogP contribution in [0, 0.1) is 11.8 Å². The summed E-state index contributed by atoms with van der Waals surface area (Å²) in [5, 5.41) is 8.97. The Morgan fingerprint density at radius 3 is 2.50 bits per heavy atom. The van der Waals surface area contributed by atoms with Gasteiger partial charge in [-0.2, -0.15) is 0 Å². The number of amides is 1. The highest BCUT2D eigenvalue weighted by Crippen LogP contribution is 2.33. The molecule has 5 nitrogen and oxygen atoms in total. The number of carboxylic acid groups (broad SMARTS) is 1. The summed E-state index contributed by atoms with van der Waals surface area (Å²) >= 11 is 0. The first kappa shape index (κ1) is 13.3. The SMILES string of the molecule is CC1CN(C(=O)[C@@H]2CC[C@H](C(=O)O)C2)C(C)CO1. The zero-order valence-electron chi connectivity index (χ0n) is 11.0. The first-order valence-electron chi connectivity index (χ1n) is 6.64. The molecule has 0 bridgehead atoms. The van der Waals surface area contributed by atoms with Gasteiger partial charge < -0.3 is 14.7 Å². The van der Waals surface area contributed by atoms with Gasteiger partial charge in [0.25, 0.3) is 0 Å². The lowest BCUT2D eigenvalue weighted by Gasteiger charge is -2.38. The smallest absolute Gasteiger partial charge is 0.306 e. The molecule has 18 heavy (non-hydrogen) atoms. The molecule has 2 rings (SSSR count). The molecule has 1 saturated carbocycles. The van der Waals surface area contributed by atoms with E-state index < -0.39 is 5.97 Å². The second kappa shape index (κ2) is 5.26. The molecule has 0 aromatic heterocycles. The number of aliphatic carboxylic acids is 1. The average Bonchev–Trinajstić information content (AvgIpc) is 2.81. The van der Waals surface area contributed by atoms with E-state index in [-0.39, 0.29) is 29.9 Å². The summed E-state index contributed by atoms with van der Waals surface area (Å²) in [7, 11) is 0. The van der Waals surface area contributed by atoms with E-state index in [4.69, 9.17) is 9.84 Å². The Morgan fingerprint density at radius 1 is 1.22 bits per heavy atom. The summed E-state index contributed by atoms with van der Waals surface area (Å²) in [6.45, 7) is 5.13. The Kier molecular flexibility index (Phi) is 3.90. The van der Waals surface area contributed by atoms with Gasteiger partial charge in [0.2, 0.25) is 5.91 Å². The van der Waals surface area contributed by atoms with E-state index >= 15 is 0 Å². The lowest BCUT2D eigenvalue weighted by atomic mass is 10.0. The van der Waals surface area contributed by atoms with Gasteiger partial charge in [-0.15, -0.1) is 0 Å². The number of hydrogen-bond acceptors (Lipinski definition) is 3. The minimum absolute atomic E-state index is 0.0711. The molecule has 0 aromatic rings. The molecule has 1 aliphatic heterocycles. The fraction of sp³-hybridized carbons (Fsp3) is 0.846. The Hall–Kier alpha value is -1.10. The molecule has 1 aliphatic carbocycles. The molecule has 0 spiro atoms. The normalized spacial score (nSPS) is 36.7. The molecule has 1 heterocycles. The Labute approximate surface area is 107 Å². The van der Waals surface area contributed by atoms with Crippen LogP contribution in [0.15, 0.2) is 0 Å². The topological polar surface area (TPSA) is 66.8 Å². The summed E-state index contributed by atoms with van der Waals surface area (Å²) in [6.07, 6.45) is 1.89. The zero-order valence-corrected chi connectivity index (χ0v) is 11.0. The summed E-state index contributed by atoms with van der Waals surface area (Å²) in [5.74, 6) is -1.11. The average molecular weight is 255 g/mol. The zero-order chi connectivity index (χ0) is 13.3. The molecule has 5 heteroatoms. The first-order chi connectivity index (χ1) is 8.49. The minimum Gasteiger partial charge on any atom is -0.481 e. The standard InChI is InChI=1S/C13H21NO4/c1-8-7-18-9(2)6-14(8)12(15)10-3-4-11(5-10)13(16)17/h8-11H,3-7H2,1-2H3,(H,16,17)/t8?,9?,10-,11+/m1/s1. The largest absolute Gasteiger partial charge is 0.481 e. The van der Waals surface area contributed by atoms with E-state index in [1.54, 1.807) is 0 Å². The second-order valence-corrected chi connectivity index (χ2v) is 5.53. The van der Waals surface area contributed by atoms with Gasteiger partial charge in [-0.3, -0.25) is 9.59 Å². The Balaban J connectivity index is 1.97. The molecule has 1 saturated heterocycles. The number of hydrogen-bond donors (Lipinski definition) is 1. The predicted molar refractivity (Wildman–Crippen MR) is 65.1 cm³/mol. The highest BCUT2D eigenvalue weighted by molar-refractivity contribution is 5.81. The molecule has 0 aromatic carbocycles. The lowest BCUT2D eigenvalue weighted by Crippen LogP contribution is -2.51. The Bertz CT molecular complexity index is 344. The lowest BCUT2D eigenvalue weighted by molar-refractivity contribution is -0.147. The third-order valence-electron chi connectivity index (χ3n) is 4.02. The number of nitrogens with zero attached hydrogens (tertiary/aromatic N) is 1. The van der Waals surface area contributed by atoms with Crippen LogP contribution in [0.2, 0.25) is 0 Å². The molecule has 2 aliphatic rings. The van der Waals surface area contributed by atoms with Crippen LogP contribution < -0.4 is 0 Å². The number of carboxylic acids is 1. The van der Waals surface area contributed by atoms with Crippen LogP contribution in [0.1, 0.15) is 33.1 Å². The summed E-state index contributed by atoms with van der Waals surface area (Å²) in [5.41, 5.74) is 0. The van der Waals surface area contributed by atoms with Gasteiger partial charge in [-0.25, -0.2) is 0 Å². The second-order valence-electron chi connectivity index (χ2n) is 5.53. The van der Waals surface area contributed by atoms with E-state index in [1.807, 2.05) is 18.7 Å². The molecule has 2 fully saturated rings. The maximum atomic E-state index is 12.4. The van der Waals surface area contributed by atoms with Gasteiger partial charge >= 0.3 is 5.97 Å². The van der Waals surface area contributed by atoms with E-state index in [1.165, 1.54) is 0 Å². The number of rotatable bonds is 2. The monoisotopic (exact) mass is 255 g/mol. The van der Waals surface area contributed by atoms with E-state index in [0.717, 1.165) is 0 Å². The van der Waals surface area contributed by atoms with Gasteiger partial charge in [0.1, 0.15) is 0 Å². The van der Waals surface area contributed by atoms with Crippen molar-refractivity contribution in [3.05, 3.63) is 0 Å². The van der Waals surface area contributed by atoms with Crippen molar-refractivity contribution in [3.63, 3.8) is 0 Å². The Morgan fingerprint density at radius 2 is 1.89 bits per heavy atom. The molecule has 1 N–H and O–H groups in total. The number of carbonyl (C=O) groups excluding carboxylic acids is 1. The van der Waals surface area contributed by atoms with Crippen LogP contribution in [0.5, 0.6) is 0 Å². The van der Waals surface area contributed by atoms with Crippen molar-refractivity contribution in [1.29, 1.82) is 0 Å². The van der Waals surface area contributed by atoms with Gasteiger partial charge in [0.05, 0.1) is 24.7 Å². The maximum absolute atomic E-state index is 12.4. The van der Waals surface area contributed by atoms with Crippen LogP contribution in [-0.4, -0.2) is 47.2 Å². The molecular formula is C13H21NO4. The number of ether oxygens (including phenoxy) is 1. The van der Waals surface area contributed by atoms with Crippen molar-refractivity contribution in [2.45, 2.75) is 45.3 Å². The summed E-state index contributed by atoms with van der Waals surface area (Å²) < 4.78 is 5.50. The fourth-order valence-electron chi connectivity index (χ4n) is 2.87. The van der Waals surface area contributed by atoms with Crippen LogP contribution in [0.4, 0.5) is 0 Å². The number of morpholine rings is 1. The van der Waals surface area contributed by atoms with Crippen molar-refractivity contribution in [2.75, 3.05) is 13.2 Å². The van der Waals surface area contributed by atoms with Gasteiger partial charge in [-0.1, -0.05) is 0 Å². The first-order valence-corrected chi connectivity index (χ1v) is 6.64. The van der Waals surface area contributed by atoms with E-state index in [2.05, 4.69) is 0 Å². The van der Waals surface area contributed by atoms with E-state index in [9.17, 15) is 9.59 Å². The molecule has 102 valence electrons. The van der Waals surface area contributed by atoms with Crippen molar-refractivity contribution in [1.82, 2.24) is 4.90 Å². The van der Waals surface area contributed by atoms with Crippen LogP contribution in [-0.2, 0) is 14.3 Å². The minimum atomic E-state index is -0.770. The maximum Gasteiger partial charge on any atom is 0.306 e. The number of carbonyl (C=O) groups is 2. The molecule has 1 amide bonds. The van der Waals surface area contributed by atoms with Crippen LogP contribution in [0.25, 0.3) is 0 Å².